The van der Waals surface area contributed by atoms with Crippen LogP contribution in [0, 0.1) is 5.92 Å². The number of pyridine rings is 2. The average Bonchev–Trinajstić information content (AvgIpc) is 2.41. The molecule has 2 aromatic heterocycles. The number of nitrogens with one attached hydrogen (secondary N) is 1. The fraction of sp³-hybridized carbons (Fsp3) is 0.333. The maximum atomic E-state index is 6.19. The summed E-state index contributed by atoms with van der Waals surface area (Å²) in [5.74, 6) is 1.45. The molecule has 1 N–H and O–H groups in total. The minimum atomic E-state index is 0.341. The number of hydrogen-bond donors (Lipinski definition) is 1. The highest BCUT2D eigenvalue weighted by atomic mass is 35.5. The highest BCUT2D eigenvalue weighted by molar-refractivity contribution is 6.32. The molecule has 0 amide bonds. The molecule has 2 aromatic rings. The van der Waals surface area contributed by atoms with Crippen LogP contribution >= 0.6 is 23.2 Å². The number of halogens is 2. The quantitative estimate of drug-likeness (QED) is 0.859. The van der Waals surface area contributed by atoms with E-state index in [0.717, 1.165) is 18.7 Å². The molecule has 6 heteroatoms. The third-order valence-electron chi connectivity index (χ3n) is 2.64. The predicted molar refractivity (Wildman–Crippen MR) is 85.1 cm³/mol. The zero-order valence-corrected chi connectivity index (χ0v) is 13.4. The maximum Gasteiger partial charge on any atom is 0.238 e. The summed E-state index contributed by atoms with van der Waals surface area (Å²) < 4.78 is 5.58. The van der Waals surface area contributed by atoms with Crippen molar-refractivity contribution < 1.29 is 4.74 Å². The molecule has 0 aliphatic rings. The van der Waals surface area contributed by atoms with Gasteiger partial charge in [0.05, 0.1) is 11.2 Å². The number of hydrogen-bond acceptors (Lipinski definition) is 4. The second-order valence-electron chi connectivity index (χ2n) is 5.10. The summed E-state index contributed by atoms with van der Waals surface area (Å²) in [5, 5.41) is 4.29. The Balaban J connectivity index is 2.02. The van der Waals surface area contributed by atoms with Crippen molar-refractivity contribution in [1.29, 1.82) is 0 Å². The molecule has 0 unspecified atom stereocenters. The number of rotatable bonds is 6. The van der Waals surface area contributed by atoms with Gasteiger partial charge in [-0.05, 0) is 24.1 Å². The molecular weight excluding hydrogens is 309 g/mol. The van der Waals surface area contributed by atoms with Crippen LogP contribution in [0.15, 0.2) is 30.7 Å². The van der Waals surface area contributed by atoms with Gasteiger partial charge in [0, 0.05) is 25.0 Å². The van der Waals surface area contributed by atoms with E-state index in [1.807, 2.05) is 6.07 Å². The minimum Gasteiger partial charge on any atom is -0.436 e. The predicted octanol–water partition coefficient (Wildman–Crippen LogP) is 4.32. The molecule has 2 rings (SSSR count). The fourth-order valence-corrected chi connectivity index (χ4v) is 2.09. The first-order chi connectivity index (χ1) is 10.0. The summed E-state index contributed by atoms with van der Waals surface area (Å²) in [5.41, 5.74) is 1.01. The zero-order valence-electron chi connectivity index (χ0n) is 11.9. The Bertz CT molecular complexity index is 605. The Morgan fingerprint density at radius 1 is 1.19 bits per heavy atom. The average molecular weight is 326 g/mol. The third-order valence-corrected chi connectivity index (χ3v) is 3.12. The molecule has 0 aliphatic carbocycles. The van der Waals surface area contributed by atoms with Crippen LogP contribution < -0.4 is 10.1 Å². The summed E-state index contributed by atoms with van der Waals surface area (Å²) >= 11 is 12.0. The monoisotopic (exact) mass is 325 g/mol. The molecule has 0 radical (unpaired) electrons. The van der Waals surface area contributed by atoms with Gasteiger partial charge in [-0.25, -0.2) is 4.98 Å². The summed E-state index contributed by atoms with van der Waals surface area (Å²) in [6.45, 7) is 6.00. The van der Waals surface area contributed by atoms with E-state index in [2.05, 4.69) is 29.1 Å². The molecule has 0 atom stereocenters. The van der Waals surface area contributed by atoms with Crippen molar-refractivity contribution in [3.8, 4) is 11.6 Å². The normalized spacial score (nSPS) is 10.9. The number of ether oxygens (including phenoxy) is 1. The van der Waals surface area contributed by atoms with Gasteiger partial charge in [-0.15, -0.1) is 0 Å². The van der Waals surface area contributed by atoms with Gasteiger partial charge in [-0.2, -0.15) is 0 Å². The van der Waals surface area contributed by atoms with Crippen LogP contribution in [0.25, 0.3) is 0 Å². The molecular formula is C15H17Cl2N3O. The Labute approximate surface area is 134 Å². The first-order valence-corrected chi connectivity index (χ1v) is 7.43. The van der Waals surface area contributed by atoms with Gasteiger partial charge < -0.3 is 10.1 Å². The molecule has 112 valence electrons. The first-order valence-electron chi connectivity index (χ1n) is 6.68. The smallest absolute Gasteiger partial charge is 0.238 e. The standard InChI is InChI=1S/C15H17Cl2N3O/c1-10(2)5-18-6-11-3-14(17)15(20-7-11)21-13-4-12(16)8-19-9-13/h3-4,7-10,18H,5-6H2,1-2H3. The van der Waals surface area contributed by atoms with Crippen molar-refractivity contribution in [2.24, 2.45) is 5.92 Å². The van der Waals surface area contributed by atoms with E-state index in [4.69, 9.17) is 27.9 Å². The van der Waals surface area contributed by atoms with Gasteiger partial charge in [-0.3, -0.25) is 4.98 Å². The molecule has 2 heterocycles. The Morgan fingerprint density at radius 3 is 2.67 bits per heavy atom. The van der Waals surface area contributed by atoms with Gasteiger partial charge in [0.15, 0.2) is 0 Å². The topological polar surface area (TPSA) is 47.0 Å². The van der Waals surface area contributed by atoms with E-state index in [-0.39, 0.29) is 0 Å². The van der Waals surface area contributed by atoms with Crippen LogP contribution in [-0.4, -0.2) is 16.5 Å². The first kappa shape index (κ1) is 16.0. The van der Waals surface area contributed by atoms with Gasteiger partial charge in [0.2, 0.25) is 5.88 Å². The van der Waals surface area contributed by atoms with E-state index in [0.29, 0.717) is 27.6 Å². The van der Waals surface area contributed by atoms with E-state index in [1.54, 1.807) is 18.5 Å². The molecule has 21 heavy (non-hydrogen) atoms. The van der Waals surface area contributed by atoms with Crippen LogP contribution in [-0.2, 0) is 6.54 Å². The summed E-state index contributed by atoms with van der Waals surface area (Å²) in [4.78, 5) is 8.18. The van der Waals surface area contributed by atoms with E-state index < -0.39 is 0 Å². The van der Waals surface area contributed by atoms with E-state index in [9.17, 15) is 0 Å². The fourth-order valence-electron chi connectivity index (χ4n) is 1.70. The SMILES string of the molecule is CC(C)CNCc1cnc(Oc2cncc(Cl)c2)c(Cl)c1. The lowest BCUT2D eigenvalue weighted by Gasteiger charge is -2.10. The van der Waals surface area contributed by atoms with Gasteiger partial charge in [0.25, 0.3) is 0 Å². The van der Waals surface area contributed by atoms with E-state index in [1.165, 1.54) is 6.20 Å². The van der Waals surface area contributed by atoms with Crippen molar-refractivity contribution in [3.05, 3.63) is 46.3 Å². The number of aromatic nitrogens is 2. The van der Waals surface area contributed by atoms with Crippen LogP contribution in [0.1, 0.15) is 19.4 Å². The molecule has 4 nitrogen and oxygen atoms in total. The molecule has 0 bridgehead atoms. The molecule has 0 fully saturated rings. The Morgan fingerprint density at radius 2 is 2.00 bits per heavy atom. The summed E-state index contributed by atoms with van der Waals surface area (Å²) in [6, 6.07) is 3.50. The van der Waals surface area contributed by atoms with Gasteiger partial charge in [0.1, 0.15) is 10.8 Å². The Kier molecular flexibility index (Phi) is 5.79. The van der Waals surface area contributed by atoms with Crippen molar-refractivity contribution >= 4 is 23.2 Å². The lowest BCUT2D eigenvalue weighted by atomic mass is 10.2. The van der Waals surface area contributed by atoms with Crippen LogP contribution in [0.4, 0.5) is 0 Å². The summed E-state index contributed by atoms with van der Waals surface area (Å²) in [6.07, 6.45) is 4.83. The maximum absolute atomic E-state index is 6.19. The van der Waals surface area contributed by atoms with Crippen LogP contribution in [0.5, 0.6) is 11.6 Å². The third kappa shape index (κ3) is 5.16. The molecule has 0 spiro atoms. The highest BCUT2D eigenvalue weighted by Gasteiger charge is 2.07. The highest BCUT2D eigenvalue weighted by Crippen LogP contribution is 2.28. The van der Waals surface area contributed by atoms with Crippen molar-refractivity contribution in [2.45, 2.75) is 20.4 Å². The lowest BCUT2D eigenvalue weighted by Crippen LogP contribution is -2.19. The Hall–Kier alpha value is -1.36. The van der Waals surface area contributed by atoms with Crippen LogP contribution in [0.2, 0.25) is 10.0 Å². The molecule has 0 saturated carbocycles. The summed E-state index contributed by atoms with van der Waals surface area (Å²) in [7, 11) is 0. The van der Waals surface area contributed by atoms with Gasteiger partial charge in [-0.1, -0.05) is 37.0 Å². The molecule has 0 aromatic carbocycles. The zero-order chi connectivity index (χ0) is 15.2. The van der Waals surface area contributed by atoms with Crippen molar-refractivity contribution in [3.63, 3.8) is 0 Å². The lowest BCUT2D eigenvalue weighted by molar-refractivity contribution is 0.460. The minimum absolute atomic E-state index is 0.341. The van der Waals surface area contributed by atoms with Crippen LogP contribution in [0.3, 0.4) is 0 Å². The number of nitrogens with zero attached hydrogens (tertiary/aromatic N) is 2. The van der Waals surface area contributed by atoms with Crippen molar-refractivity contribution in [1.82, 2.24) is 15.3 Å². The largest absolute Gasteiger partial charge is 0.436 e. The van der Waals surface area contributed by atoms with Crippen molar-refractivity contribution in [2.75, 3.05) is 6.54 Å². The van der Waals surface area contributed by atoms with Gasteiger partial charge >= 0.3 is 0 Å². The molecule has 0 saturated heterocycles. The second-order valence-corrected chi connectivity index (χ2v) is 5.94. The second kappa shape index (κ2) is 7.59. The van der Waals surface area contributed by atoms with E-state index >= 15 is 0 Å². The molecule has 0 aliphatic heterocycles.